The molecule has 0 amide bonds. The zero-order chi connectivity index (χ0) is 9.56. The van der Waals surface area contributed by atoms with Crippen LogP contribution in [0.1, 0.15) is 6.92 Å². The van der Waals surface area contributed by atoms with Crippen molar-refractivity contribution in [3.05, 3.63) is 12.2 Å². The number of hydrogen-bond acceptors (Lipinski definition) is 4. The van der Waals surface area contributed by atoms with Crippen molar-refractivity contribution in [2.24, 2.45) is 0 Å². The van der Waals surface area contributed by atoms with Crippen molar-refractivity contribution in [1.29, 1.82) is 0 Å². The zero-order valence-corrected chi connectivity index (χ0v) is 7.26. The van der Waals surface area contributed by atoms with E-state index in [0.29, 0.717) is 0 Å². The molecule has 12 heavy (non-hydrogen) atoms. The number of aliphatic carboxylic acids is 1. The number of carboxylic acid groups (broad SMARTS) is 1. The predicted octanol–water partition coefficient (Wildman–Crippen LogP) is 0.560. The van der Waals surface area contributed by atoms with E-state index in [9.17, 15) is 9.59 Å². The lowest BCUT2D eigenvalue weighted by Gasteiger charge is -1.99. The van der Waals surface area contributed by atoms with Crippen LogP contribution >= 0.6 is 12.2 Å². The van der Waals surface area contributed by atoms with Crippen molar-refractivity contribution in [2.45, 2.75) is 6.92 Å². The molecular formula is C7H8O4S. The van der Waals surface area contributed by atoms with Crippen LogP contribution in [0.2, 0.25) is 0 Å². The van der Waals surface area contributed by atoms with E-state index in [1.54, 1.807) is 6.92 Å². The third kappa shape index (κ3) is 4.56. The number of rotatable bonds is 4. The number of ether oxygens (including phenoxy) is 1. The van der Waals surface area contributed by atoms with E-state index in [1.165, 1.54) is 12.2 Å². The Hall–Kier alpha value is -1.23. The molecule has 0 bridgehead atoms. The molecule has 0 spiro atoms. The highest BCUT2D eigenvalue weighted by Crippen LogP contribution is 1.87. The smallest absolute Gasteiger partial charge is 0.341 e. The molecule has 0 rings (SSSR count). The Morgan fingerprint density at radius 2 is 2.17 bits per heavy atom. The fourth-order valence-electron chi connectivity index (χ4n) is 0.418. The van der Waals surface area contributed by atoms with E-state index in [4.69, 9.17) is 5.11 Å². The quantitative estimate of drug-likeness (QED) is 0.516. The summed E-state index contributed by atoms with van der Waals surface area (Å²) >= 11 is 4.47. The van der Waals surface area contributed by atoms with Crippen LogP contribution < -0.4 is 0 Å². The zero-order valence-electron chi connectivity index (χ0n) is 6.44. The fourth-order valence-corrected chi connectivity index (χ4v) is 0.545. The van der Waals surface area contributed by atoms with E-state index in [1.807, 2.05) is 0 Å². The topological polar surface area (TPSA) is 63.6 Å². The first kappa shape index (κ1) is 10.8. The summed E-state index contributed by atoms with van der Waals surface area (Å²) in [5, 5.41) is 7.84. The van der Waals surface area contributed by atoms with Gasteiger partial charge in [-0.2, -0.15) is 0 Å². The summed E-state index contributed by atoms with van der Waals surface area (Å²) in [6, 6.07) is 0. The van der Waals surface area contributed by atoms with E-state index in [-0.39, 0.29) is 5.05 Å². The first-order chi connectivity index (χ1) is 5.57. The molecule has 0 fully saturated rings. The lowest BCUT2D eigenvalue weighted by Crippen LogP contribution is -2.17. The minimum atomic E-state index is -1.16. The van der Waals surface area contributed by atoms with Crippen LogP contribution in [0.4, 0.5) is 0 Å². The summed E-state index contributed by atoms with van der Waals surface area (Å²) in [5.41, 5.74) is 0. The highest BCUT2D eigenvalue weighted by atomic mass is 32.1. The summed E-state index contributed by atoms with van der Waals surface area (Å²) in [6.07, 6.45) is 2.71. The molecule has 0 aliphatic carbocycles. The molecule has 0 aromatic rings. The van der Waals surface area contributed by atoms with Gasteiger partial charge < -0.3 is 9.84 Å². The second-order valence-electron chi connectivity index (χ2n) is 1.83. The number of carboxylic acids is 1. The van der Waals surface area contributed by atoms with Crippen LogP contribution in [0.25, 0.3) is 0 Å². The maximum Gasteiger partial charge on any atom is 0.341 e. The standard InChI is InChI=1S/C7H8O4S/c1-2-3-5(8)7(12)11-4-6(9)10/h2-3H,4H2,1H3,(H,9,10). The largest absolute Gasteiger partial charge is 0.479 e. The van der Waals surface area contributed by atoms with Gasteiger partial charge in [-0.25, -0.2) is 4.79 Å². The molecule has 1 N–H and O–H groups in total. The van der Waals surface area contributed by atoms with Crippen LogP contribution in [0.5, 0.6) is 0 Å². The van der Waals surface area contributed by atoms with Gasteiger partial charge in [0, 0.05) is 0 Å². The Labute approximate surface area is 74.8 Å². The van der Waals surface area contributed by atoms with Crippen molar-refractivity contribution in [3.8, 4) is 0 Å². The molecule has 0 saturated heterocycles. The SMILES string of the molecule is CC=CC(=O)C(=S)OCC(=O)O. The Bertz CT molecular complexity index is 232. The number of carbonyl (C=O) groups excluding carboxylic acids is 1. The molecule has 0 atom stereocenters. The summed E-state index contributed by atoms with van der Waals surface area (Å²) in [4.78, 5) is 20.8. The number of allylic oxidation sites excluding steroid dienone is 1. The maximum absolute atomic E-state index is 10.8. The third-order valence-electron chi connectivity index (χ3n) is 0.846. The number of ketones is 1. The Kier molecular flexibility index (Phi) is 4.87. The summed E-state index contributed by atoms with van der Waals surface area (Å²) in [7, 11) is 0. The van der Waals surface area contributed by atoms with Crippen molar-refractivity contribution in [3.63, 3.8) is 0 Å². The number of carbonyl (C=O) groups is 2. The van der Waals surface area contributed by atoms with Gasteiger partial charge in [0.05, 0.1) is 0 Å². The monoisotopic (exact) mass is 188 g/mol. The van der Waals surface area contributed by atoms with Gasteiger partial charge >= 0.3 is 5.97 Å². The lowest BCUT2D eigenvalue weighted by atomic mass is 10.4. The van der Waals surface area contributed by atoms with Gasteiger partial charge in [-0.05, 0) is 25.2 Å². The molecule has 0 saturated carbocycles. The van der Waals surface area contributed by atoms with Crippen LogP contribution in [-0.4, -0.2) is 28.5 Å². The van der Waals surface area contributed by atoms with Crippen LogP contribution in [0, 0.1) is 0 Å². The van der Waals surface area contributed by atoms with Crippen molar-refractivity contribution < 1.29 is 19.4 Å². The van der Waals surface area contributed by atoms with Gasteiger partial charge in [-0.15, -0.1) is 0 Å². The van der Waals surface area contributed by atoms with E-state index in [0.717, 1.165) is 0 Å². The van der Waals surface area contributed by atoms with Gasteiger partial charge in [0.2, 0.25) is 10.8 Å². The van der Waals surface area contributed by atoms with Crippen molar-refractivity contribution >= 4 is 29.0 Å². The van der Waals surface area contributed by atoms with Gasteiger partial charge in [-0.1, -0.05) is 6.08 Å². The average Bonchev–Trinajstić information content (AvgIpc) is 2.00. The van der Waals surface area contributed by atoms with Crippen LogP contribution in [-0.2, 0) is 14.3 Å². The highest BCUT2D eigenvalue weighted by molar-refractivity contribution is 7.81. The molecule has 0 aliphatic heterocycles. The minimum absolute atomic E-state index is 0.324. The van der Waals surface area contributed by atoms with E-state index in [2.05, 4.69) is 17.0 Å². The molecule has 0 radical (unpaired) electrons. The predicted molar refractivity (Wildman–Crippen MR) is 46.0 cm³/mol. The van der Waals surface area contributed by atoms with Crippen molar-refractivity contribution in [2.75, 3.05) is 6.61 Å². The van der Waals surface area contributed by atoms with Crippen LogP contribution in [0.15, 0.2) is 12.2 Å². The second-order valence-corrected chi connectivity index (χ2v) is 2.20. The Morgan fingerprint density at radius 3 is 2.58 bits per heavy atom. The number of thiocarbonyl (C=S) groups is 1. The summed E-state index contributed by atoms with van der Waals surface area (Å²) in [6.45, 7) is 1.07. The molecule has 5 heteroatoms. The molecule has 66 valence electrons. The first-order valence-corrected chi connectivity index (χ1v) is 3.54. The van der Waals surface area contributed by atoms with E-state index < -0.39 is 18.4 Å². The number of hydrogen-bond donors (Lipinski definition) is 1. The van der Waals surface area contributed by atoms with Gasteiger partial charge in [0.25, 0.3) is 0 Å². The average molecular weight is 188 g/mol. The van der Waals surface area contributed by atoms with Crippen LogP contribution in [0.3, 0.4) is 0 Å². The normalized spacial score (nSPS) is 9.75. The molecule has 4 nitrogen and oxygen atoms in total. The molecule has 0 heterocycles. The minimum Gasteiger partial charge on any atom is -0.479 e. The Balaban J connectivity index is 3.88. The molecular weight excluding hydrogens is 180 g/mol. The Morgan fingerprint density at radius 1 is 1.58 bits per heavy atom. The van der Waals surface area contributed by atoms with E-state index >= 15 is 0 Å². The maximum atomic E-state index is 10.8. The lowest BCUT2D eigenvalue weighted by molar-refractivity contribution is -0.139. The molecule has 0 aromatic carbocycles. The summed E-state index contributed by atoms with van der Waals surface area (Å²) < 4.78 is 4.45. The molecule has 0 aliphatic rings. The second kappa shape index (κ2) is 5.42. The highest BCUT2D eigenvalue weighted by Gasteiger charge is 2.07. The van der Waals surface area contributed by atoms with Gasteiger partial charge in [0.1, 0.15) is 0 Å². The van der Waals surface area contributed by atoms with Crippen molar-refractivity contribution in [1.82, 2.24) is 0 Å². The first-order valence-electron chi connectivity index (χ1n) is 3.13. The third-order valence-corrected chi connectivity index (χ3v) is 1.16. The fraction of sp³-hybridized carbons (Fsp3) is 0.286. The van der Waals surface area contributed by atoms with Gasteiger partial charge in [-0.3, -0.25) is 4.79 Å². The molecule has 0 aromatic heterocycles. The molecule has 0 unspecified atom stereocenters. The van der Waals surface area contributed by atoms with Gasteiger partial charge in [0.15, 0.2) is 6.61 Å². The summed E-state index contributed by atoms with van der Waals surface area (Å²) in [5.74, 6) is -1.65.